The van der Waals surface area contributed by atoms with E-state index in [1.165, 1.54) is 11.1 Å². The molecule has 2 N–H and O–H groups in total. The lowest BCUT2D eigenvalue weighted by molar-refractivity contribution is 0.758. The maximum Gasteiger partial charge on any atom is 0.250 e. The van der Waals surface area contributed by atoms with Crippen LogP contribution in [0, 0.1) is 0 Å². The van der Waals surface area contributed by atoms with Gasteiger partial charge >= 0.3 is 0 Å². The molecule has 0 amide bonds. The van der Waals surface area contributed by atoms with Crippen molar-refractivity contribution < 1.29 is 0 Å². The molecular weight excluding hydrogens is 356 g/mol. The number of thiophene rings is 1. The Morgan fingerprint density at radius 2 is 1.85 bits per heavy atom. The van der Waals surface area contributed by atoms with Gasteiger partial charge in [-0.2, -0.15) is 11.3 Å². The largest absolute Gasteiger partial charge is 0.357 e. The Morgan fingerprint density at radius 3 is 2.56 bits per heavy atom. The van der Waals surface area contributed by atoms with Gasteiger partial charge in [0, 0.05) is 25.4 Å². The zero-order chi connectivity index (χ0) is 18.9. The van der Waals surface area contributed by atoms with Crippen LogP contribution in [-0.4, -0.2) is 17.1 Å². The lowest BCUT2D eigenvalue weighted by atomic mass is 10.1. The van der Waals surface area contributed by atoms with E-state index in [2.05, 4.69) is 63.6 Å². The molecule has 140 valence electrons. The molecule has 0 aliphatic heterocycles. The summed E-state index contributed by atoms with van der Waals surface area (Å²) in [6.07, 6.45) is 1.81. The molecule has 1 aromatic carbocycles. The standard InChI is InChI=1S/C21H24N4OS/c1-2-22-21(24-14-19-10-12-27-16-19)23-13-17-6-8-18(9-7-17)15-25-11-4-3-5-20(25)26/h3-12,16H,2,13-15H2,1H3,(H2,22,23,24). The van der Waals surface area contributed by atoms with Gasteiger partial charge in [0.05, 0.1) is 13.1 Å². The Balaban J connectivity index is 1.57. The van der Waals surface area contributed by atoms with Gasteiger partial charge in [-0.15, -0.1) is 0 Å². The summed E-state index contributed by atoms with van der Waals surface area (Å²) in [5, 5.41) is 10.8. The normalized spacial score (nSPS) is 11.4. The lowest BCUT2D eigenvalue weighted by Crippen LogP contribution is -2.36. The van der Waals surface area contributed by atoms with Crippen molar-refractivity contribution in [3.63, 3.8) is 0 Å². The van der Waals surface area contributed by atoms with E-state index in [0.717, 1.165) is 18.1 Å². The van der Waals surface area contributed by atoms with Crippen molar-refractivity contribution in [2.45, 2.75) is 26.6 Å². The molecule has 0 radical (unpaired) electrons. The highest BCUT2D eigenvalue weighted by molar-refractivity contribution is 7.07. The van der Waals surface area contributed by atoms with Crippen molar-refractivity contribution in [3.05, 3.63) is 92.5 Å². The number of nitrogens with one attached hydrogen (secondary N) is 2. The van der Waals surface area contributed by atoms with Crippen LogP contribution in [0.4, 0.5) is 0 Å². The van der Waals surface area contributed by atoms with Crippen LogP contribution in [-0.2, 0) is 19.6 Å². The SMILES string of the molecule is CCNC(=NCc1ccsc1)NCc1ccc(Cn2ccccc2=O)cc1. The first kappa shape index (κ1) is 18.9. The van der Waals surface area contributed by atoms with E-state index in [4.69, 9.17) is 0 Å². The molecule has 0 fully saturated rings. The molecule has 3 aromatic rings. The smallest absolute Gasteiger partial charge is 0.250 e. The molecule has 0 unspecified atom stereocenters. The number of nitrogens with zero attached hydrogens (tertiary/aromatic N) is 2. The highest BCUT2D eigenvalue weighted by Crippen LogP contribution is 2.08. The van der Waals surface area contributed by atoms with Crippen LogP contribution in [0.25, 0.3) is 0 Å². The Bertz CT molecular complexity index is 914. The second kappa shape index (κ2) is 9.73. The zero-order valence-electron chi connectivity index (χ0n) is 15.4. The van der Waals surface area contributed by atoms with Crippen molar-refractivity contribution in [3.8, 4) is 0 Å². The van der Waals surface area contributed by atoms with Crippen molar-refractivity contribution >= 4 is 17.3 Å². The highest BCUT2D eigenvalue weighted by Gasteiger charge is 2.01. The van der Waals surface area contributed by atoms with Gasteiger partial charge in [0.2, 0.25) is 0 Å². The second-order valence-electron chi connectivity index (χ2n) is 6.16. The quantitative estimate of drug-likeness (QED) is 0.489. The van der Waals surface area contributed by atoms with Gasteiger partial charge in [0.15, 0.2) is 5.96 Å². The first-order valence-corrected chi connectivity index (χ1v) is 9.95. The minimum atomic E-state index is 0.0142. The molecular formula is C21H24N4OS. The summed E-state index contributed by atoms with van der Waals surface area (Å²) in [7, 11) is 0. The third kappa shape index (κ3) is 5.82. The summed E-state index contributed by atoms with van der Waals surface area (Å²) in [6.45, 7) is 4.82. The minimum absolute atomic E-state index is 0.0142. The van der Waals surface area contributed by atoms with Gasteiger partial charge in [0.1, 0.15) is 0 Å². The van der Waals surface area contributed by atoms with E-state index in [1.54, 1.807) is 28.0 Å². The third-order valence-corrected chi connectivity index (χ3v) is 4.81. The molecule has 0 saturated carbocycles. The van der Waals surface area contributed by atoms with Crippen molar-refractivity contribution in [1.82, 2.24) is 15.2 Å². The molecule has 0 saturated heterocycles. The van der Waals surface area contributed by atoms with Crippen LogP contribution in [0.15, 0.2) is 75.3 Å². The molecule has 0 atom stereocenters. The number of pyridine rings is 1. The second-order valence-corrected chi connectivity index (χ2v) is 6.94. The number of guanidine groups is 1. The summed E-state index contributed by atoms with van der Waals surface area (Å²) in [5.74, 6) is 0.809. The van der Waals surface area contributed by atoms with E-state index in [1.807, 2.05) is 12.3 Å². The lowest BCUT2D eigenvalue weighted by Gasteiger charge is -2.12. The molecule has 3 rings (SSSR count). The van der Waals surface area contributed by atoms with Gasteiger partial charge in [-0.25, -0.2) is 4.99 Å². The summed E-state index contributed by atoms with van der Waals surface area (Å²) in [6, 6.07) is 15.6. The molecule has 0 spiro atoms. The Hall–Kier alpha value is -2.86. The monoisotopic (exact) mass is 380 g/mol. The average molecular weight is 381 g/mol. The molecule has 0 bridgehead atoms. The number of aliphatic imine (C=N–C) groups is 1. The maximum atomic E-state index is 11.8. The van der Waals surface area contributed by atoms with Crippen LogP contribution in [0.1, 0.15) is 23.6 Å². The minimum Gasteiger partial charge on any atom is -0.357 e. The molecule has 27 heavy (non-hydrogen) atoms. The van der Waals surface area contributed by atoms with E-state index < -0.39 is 0 Å². The van der Waals surface area contributed by atoms with Crippen LogP contribution in [0.5, 0.6) is 0 Å². The van der Waals surface area contributed by atoms with Crippen molar-refractivity contribution in [2.75, 3.05) is 6.54 Å². The molecule has 2 heterocycles. The molecule has 0 aliphatic carbocycles. The van der Waals surface area contributed by atoms with Crippen LogP contribution < -0.4 is 16.2 Å². The molecule has 5 nitrogen and oxygen atoms in total. The predicted molar refractivity (Wildman–Crippen MR) is 112 cm³/mol. The van der Waals surface area contributed by atoms with Crippen LogP contribution in [0.2, 0.25) is 0 Å². The van der Waals surface area contributed by atoms with Gasteiger partial charge in [0.25, 0.3) is 5.56 Å². The van der Waals surface area contributed by atoms with Gasteiger partial charge < -0.3 is 15.2 Å². The fourth-order valence-electron chi connectivity index (χ4n) is 2.63. The average Bonchev–Trinajstić information content (AvgIpc) is 3.21. The summed E-state index contributed by atoms with van der Waals surface area (Å²) in [4.78, 5) is 16.4. The van der Waals surface area contributed by atoms with Crippen LogP contribution in [0.3, 0.4) is 0 Å². The van der Waals surface area contributed by atoms with E-state index in [0.29, 0.717) is 19.6 Å². The van der Waals surface area contributed by atoms with Crippen molar-refractivity contribution in [1.29, 1.82) is 0 Å². The number of aromatic nitrogens is 1. The third-order valence-electron chi connectivity index (χ3n) is 4.08. The summed E-state index contributed by atoms with van der Waals surface area (Å²) < 4.78 is 1.70. The summed E-state index contributed by atoms with van der Waals surface area (Å²) >= 11 is 1.69. The number of benzene rings is 1. The topological polar surface area (TPSA) is 58.4 Å². The van der Waals surface area contributed by atoms with Crippen molar-refractivity contribution in [2.24, 2.45) is 4.99 Å². The fourth-order valence-corrected chi connectivity index (χ4v) is 3.29. The Morgan fingerprint density at radius 1 is 1.04 bits per heavy atom. The Kier molecular flexibility index (Phi) is 6.82. The van der Waals surface area contributed by atoms with E-state index in [-0.39, 0.29) is 5.56 Å². The first-order chi connectivity index (χ1) is 13.2. The van der Waals surface area contributed by atoms with E-state index >= 15 is 0 Å². The van der Waals surface area contributed by atoms with Gasteiger partial charge in [-0.05, 0) is 46.5 Å². The first-order valence-electron chi connectivity index (χ1n) is 9.01. The predicted octanol–water partition coefficient (Wildman–Crippen LogP) is 3.21. The fraction of sp³-hybridized carbons (Fsp3) is 0.238. The zero-order valence-corrected chi connectivity index (χ0v) is 16.2. The molecule has 2 aromatic heterocycles. The van der Waals surface area contributed by atoms with Crippen LogP contribution >= 0.6 is 11.3 Å². The van der Waals surface area contributed by atoms with E-state index in [9.17, 15) is 4.79 Å². The number of hydrogen-bond donors (Lipinski definition) is 2. The molecule has 6 heteroatoms. The number of hydrogen-bond acceptors (Lipinski definition) is 3. The maximum absolute atomic E-state index is 11.8. The molecule has 0 aliphatic rings. The van der Waals surface area contributed by atoms with Gasteiger partial charge in [-0.3, -0.25) is 4.79 Å². The summed E-state index contributed by atoms with van der Waals surface area (Å²) in [5.41, 5.74) is 3.50. The highest BCUT2D eigenvalue weighted by atomic mass is 32.1. The number of rotatable bonds is 7. The Labute approximate surface area is 163 Å². The van der Waals surface area contributed by atoms with Gasteiger partial charge in [-0.1, -0.05) is 30.3 Å².